The third-order valence-corrected chi connectivity index (χ3v) is 4.70. The Morgan fingerprint density at radius 2 is 1.96 bits per heavy atom. The van der Waals surface area contributed by atoms with Crippen LogP contribution < -0.4 is 14.8 Å². The Morgan fingerprint density at radius 3 is 2.70 bits per heavy atom. The molecule has 4 rings (SSSR count). The third kappa shape index (κ3) is 2.61. The number of piperidine rings is 1. The largest absolute Gasteiger partial charge is 0.454 e. The number of nitrogens with one attached hydrogen (secondary N) is 1. The van der Waals surface area contributed by atoms with Crippen LogP contribution in [0.3, 0.4) is 0 Å². The summed E-state index contributed by atoms with van der Waals surface area (Å²) in [4.78, 5) is 25.7. The molecular weight excluding hydrogens is 300 g/mol. The van der Waals surface area contributed by atoms with Crippen molar-refractivity contribution in [2.24, 2.45) is 0 Å². The molecular formula is C16H18N2O5. The smallest absolute Gasteiger partial charge is 0.253 e. The number of ether oxygens (including phenoxy) is 3. The van der Waals surface area contributed by atoms with Crippen LogP contribution in [0.5, 0.6) is 11.5 Å². The Balaban J connectivity index is 1.42. The van der Waals surface area contributed by atoms with Crippen molar-refractivity contribution in [3.8, 4) is 11.5 Å². The fraction of sp³-hybridized carbons (Fsp3) is 0.500. The first kappa shape index (κ1) is 14.3. The first-order valence-corrected chi connectivity index (χ1v) is 7.75. The molecule has 3 heterocycles. The number of morpholine rings is 1. The SMILES string of the molecule is O=C1COC2(CCN(C(=O)c3ccc4c(c3)OCO4)CC2)CN1. The molecule has 0 aliphatic carbocycles. The summed E-state index contributed by atoms with van der Waals surface area (Å²) in [5.41, 5.74) is 0.280. The molecule has 2 saturated heterocycles. The zero-order valence-electron chi connectivity index (χ0n) is 12.7. The van der Waals surface area contributed by atoms with Crippen molar-refractivity contribution in [1.82, 2.24) is 10.2 Å². The van der Waals surface area contributed by atoms with E-state index in [0.29, 0.717) is 36.7 Å². The molecule has 23 heavy (non-hydrogen) atoms. The number of nitrogens with zero attached hydrogens (tertiary/aromatic N) is 1. The molecule has 7 heteroatoms. The summed E-state index contributed by atoms with van der Waals surface area (Å²) in [5.74, 6) is 1.20. The van der Waals surface area contributed by atoms with E-state index in [4.69, 9.17) is 14.2 Å². The molecule has 0 aromatic heterocycles. The van der Waals surface area contributed by atoms with Gasteiger partial charge in [-0.15, -0.1) is 0 Å². The number of rotatable bonds is 1. The van der Waals surface area contributed by atoms with Gasteiger partial charge in [0.25, 0.3) is 5.91 Å². The van der Waals surface area contributed by atoms with Crippen LogP contribution in [-0.4, -0.2) is 55.3 Å². The van der Waals surface area contributed by atoms with Crippen LogP contribution >= 0.6 is 0 Å². The third-order valence-electron chi connectivity index (χ3n) is 4.70. The maximum atomic E-state index is 12.6. The van der Waals surface area contributed by atoms with E-state index in [-0.39, 0.29) is 30.8 Å². The van der Waals surface area contributed by atoms with Crippen LogP contribution in [0.1, 0.15) is 23.2 Å². The predicted octanol–water partition coefficient (Wildman–Crippen LogP) is 0.536. The number of benzene rings is 1. The number of fused-ring (bicyclic) bond motifs is 1. The van der Waals surface area contributed by atoms with Gasteiger partial charge in [0.2, 0.25) is 12.7 Å². The summed E-state index contributed by atoms with van der Waals surface area (Å²) in [6.07, 6.45) is 1.45. The predicted molar refractivity (Wildman–Crippen MR) is 79.4 cm³/mol. The molecule has 1 N–H and O–H groups in total. The van der Waals surface area contributed by atoms with Gasteiger partial charge in [-0.3, -0.25) is 9.59 Å². The van der Waals surface area contributed by atoms with E-state index in [0.717, 1.165) is 12.8 Å². The molecule has 122 valence electrons. The number of carbonyl (C=O) groups excluding carboxylic acids is 2. The highest BCUT2D eigenvalue weighted by Gasteiger charge is 2.40. The molecule has 0 radical (unpaired) electrons. The Labute approximate surface area is 133 Å². The monoisotopic (exact) mass is 318 g/mol. The van der Waals surface area contributed by atoms with E-state index < -0.39 is 0 Å². The standard InChI is InChI=1S/C16H18N2O5/c19-14-8-23-16(9-17-14)3-5-18(6-4-16)15(20)11-1-2-12-13(7-11)22-10-21-12/h1-2,7H,3-6,8-10H2,(H,17,19). The van der Waals surface area contributed by atoms with Gasteiger partial charge in [0.1, 0.15) is 6.61 Å². The molecule has 3 aliphatic rings. The molecule has 0 saturated carbocycles. The molecule has 7 nitrogen and oxygen atoms in total. The normalized spacial score (nSPS) is 22.1. The Morgan fingerprint density at radius 1 is 1.17 bits per heavy atom. The first-order chi connectivity index (χ1) is 11.2. The lowest BCUT2D eigenvalue weighted by Crippen LogP contribution is -2.58. The molecule has 2 amide bonds. The van der Waals surface area contributed by atoms with E-state index >= 15 is 0 Å². The first-order valence-electron chi connectivity index (χ1n) is 7.75. The molecule has 1 aromatic carbocycles. The summed E-state index contributed by atoms with van der Waals surface area (Å²) in [6.45, 7) is 2.06. The highest BCUT2D eigenvalue weighted by molar-refractivity contribution is 5.95. The van der Waals surface area contributed by atoms with Crippen molar-refractivity contribution >= 4 is 11.8 Å². The van der Waals surface area contributed by atoms with Crippen molar-refractivity contribution in [1.29, 1.82) is 0 Å². The second-order valence-corrected chi connectivity index (χ2v) is 6.11. The van der Waals surface area contributed by atoms with E-state index in [1.165, 1.54) is 0 Å². The van der Waals surface area contributed by atoms with E-state index in [2.05, 4.69) is 5.32 Å². The topological polar surface area (TPSA) is 77.1 Å². The summed E-state index contributed by atoms with van der Waals surface area (Å²) in [5, 5.41) is 2.85. The van der Waals surface area contributed by atoms with Crippen molar-refractivity contribution in [2.45, 2.75) is 18.4 Å². The summed E-state index contributed by atoms with van der Waals surface area (Å²) in [6, 6.07) is 5.25. The number of likely N-dealkylation sites (tertiary alicyclic amines) is 1. The Kier molecular flexibility index (Phi) is 3.37. The average Bonchev–Trinajstić information content (AvgIpc) is 3.05. The van der Waals surface area contributed by atoms with E-state index in [9.17, 15) is 9.59 Å². The Bertz CT molecular complexity index is 640. The Hall–Kier alpha value is -2.28. The van der Waals surface area contributed by atoms with Gasteiger partial charge in [0, 0.05) is 25.2 Å². The number of carbonyl (C=O) groups is 2. The van der Waals surface area contributed by atoms with Crippen LogP contribution in [0.2, 0.25) is 0 Å². The lowest BCUT2D eigenvalue weighted by molar-refractivity contribution is -0.149. The van der Waals surface area contributed by atoms with Crippen LogP contribution in [0, 0.1) is 0 Å². The minimum Gasteiger partial charge on any atom is -0.454 e. The fourth-order valence-electron chi connectivity index (χ4n) is 3.23. The summed E-state index contributed by atoms with van der Waals surface area (Å²) >= 11 is 0. The molecule has 0 unspecified atom stereocenters. The summed E-state index contributed by atoms with van der Waals surface area (Å²) in [7, 11) is 0. The van der Waals surface area contributed by atoms with Gasteiger partial charge in [-0.05, 0) is 31.0 Å². The van der Waals surface area contributed by atoms with Gasteiger partial charge in [0.05, 0.1) is 5.60 Å². The molecule has 1 aromatic rings. The van der Waals surface area contributed by atoms with Gasteiger partial charge < -0.3 is 24.4 Å². The fourth-order valence-corrected chi connectivity index (χ4v) is 3.23. The van der Waals surface area contributed by atoms with Crippen molar-refractivity contribution in [3.63, 3.8) is 0 Å². The van der Waals surface area contributed by atoms with Gasteiger partial charge >= 0.3 is 0 Å². The van der Waals surface area contributed by atoms with Crippen LogP contribution in [0.25, 0.3) is 0 Å². The van der Waals surface area contributed by atoms with Crippen molar-refractivity contribution in [3.05, 3.63) is 23.8 Å². The van der Waals surface area contributed by atoms with Crippen LogP contribution in [0.15, 0.2) is 18.2 Å². The molecule has 2 fully saturated rings. The molecule has 0 bridgehead atoms. The minimum atomic E-state index is -0.320. The van der Waals surface area contributed by atoms with Crippen molar-refractivity contribution in [2.75, 3.05) is 33.0 Å². The lowest BCUT2D eigenvalue weighted by atomic mass is 9.89. The van der Waals surface area contributed by atoms with Crippen LogP contribution in [-0.2, 0) is 9.53 Å². The quantitative estimate of drug-likeness (QED) is 0.818. The highest BCUT2D eigenvalue weighted by Crippen LogP contribution is 2.34. The minimum absolute atomic E-state index is 0.0157. The maximum absolute atomic E-state index is 12.6. The van der Waals surface area contributed by atoms with Crippen molar-refractivity contribution < 1.29 is 23.8 Å². The van der Waals surface area contributed by atoms with Gasteiger partial charge in [0.15, 0.2) is 11.5 Å². The molecule has 0 atom stereocenters. The second-order valence-electron chi connectivity index (χ2n) is 6.11. The van der Waals surface area contributed by atoms with Crippen LogP contribution in [0.4, 0.5) is 0 Å². The maximum Gasteiger partial charge on any atom is 0.253 e. The number of hydrogen-bond acceptors (Lipinski definition) is 5. The summed E-state index contributed by atoms with van der Waals surface area (Å²) < 4.78 is 16.3. The zero-order chi connectivity index (χ0) is 15.9. The molecule has 3 aliphatic heterocycles. The zero-order valence-corrected chi connectivity index (χ0v) is 12.7. The molecule has 1 spiro atoms. The second kappa shape index (κ2) is 5.42. The lowest BCUT2D eigenvalue weighted by Gasteiger charge is -2.43. The highest BCUT2D eigenvalue weighted by atomic mass is 16.7. The van der Waals surface area contributed by atoms with Gasteiger partial charge in [-0.25, -0.2) is 0 Å². The van der Waals surface area contributed by atoms with E-state index in [1.807, 2.05) is 4.90 Å². The van der Waals surface area contributed by atoms with Gasteiger partial charge in [-0.2, -0.15) is 0 Å². The number of hydrogen-bond donors (Lipinski definition) is 1. The van der Waals surface area contributed by atoms with Gasteiger partial charge in [-0.1, -0.05) is 0 Å². The van der Waals surface area contributed by atoms with E-state index in [1.54, 1.807) is 18.2 Å². The average molecular weight is 318 g/mol. The number of amides is 2.